The van der Waals surface area contributed by atoms with Gasteiger partial charge in [0.1, 0.15) is 12.1 Å². The Hall–Kier alpha value is -3.01. The fourth-order valence-electron chi connectivity index (χ4n) is 4.86. The predicted octanol–water partition coefficient (Wildman–Crippen LogP) is 3.82. The molecule has 0 atom stereocenters. The zero-order valence-corrected chi connectivity index (χ0v) is 22.2. The minimum Gasteiger partial charge on any atom is -0.385 e. The molecule has 0 saturated carbocycles. The number of likely N-dealkylation sites (tertiary alicyclic amines) is 1. The number of rotatable bonds is 8. The zero-order valence-electron chi connectivity index (χ0n) is 20.7. The molecule has 0 bridgehead atoms. The fraction of sp³-hybridized carbons (Fsp3) is 0.423. The van der Waals surface area contributed by atoms with Crippen molar-refractivity contribution in [1.29, 1.82) is 0 Å². The normalized spacial score (nSPS) is 16.8. The van der Waals surface area contributed by atoms with Crippen LogP contribution in [-0.4, -0.2) is 79.7 Å². The minimum atomic E-state index is -0.827. The van der Waals surface area contributed by atoms with Crippen molar-refractivity contribution < 1.29 is 19.1 Å². The largest absolute Gasteiger partial charge is 0.385 e. The van der Waals surface area contributed by atoms with E-state index in [1.54, 1.807) is 35.1 Å². The number of piperidine rings is 1. The Kier molecular flexibility index (Phi) is 8.79. The molecule has 11 heteroatoms. The highest BCUT2D eigenvalue weighted by Gasteiger charge is 2.54. The molecule has 2 saturated heterocycles. The molecule has 0 aliphatic carbocycles. The van der Waals surface area contributed by atoms with Crippen LogP contribution in [0, 0.1) is 0 Å². The summed E-state index contributed by atoms with van der Waals surface area (Å²) in [6.45, 7) is 2.09. The number of halogens is 2. The van der Waals surface area contributed by atoms with E-state index >= 15 is 0 Å². The first-order chi connectivity index (χ1) is 17.8. The smallest absolute Gasteiger partial charge is 0.321 e. The van der Waals surface area contributed by atoms with E-state index < -0.39 is 5.54 Å². The van der Waals surface area contributed by atoms with E-state index in [2.05, 4.69) is 15.5 Å². The second-order valence-corrected chi connectivity index (χ2v) is 10.0. The molecule has 2 aliphatic heterocycles. The average Bonchev–Trinajstić information content (AvgIpc) is 3.15. The summed E-state index contributed by atoms with van der Waals surface area (Å²) in [5.41, 5.74) is 0.554. The monoisotopic (exact) mass is 547 g/mol. The van der Waals surface area contributed by atoms with E-state index in [4.69, 9.17) is 27.9 Å². The van der Waals surface area contributed by atoms with Crippen LogP contribution in [-0.2, 0) is 14.3 Å². The van der Waals surface area contributed by atoms with Gasteiger partial charge >= 0.3 is 6.03 Å². The molecule has 1 spiro atoms. The number of methoxy groups -OCH3 is 1. The SMILES string of the molecule is COCCCNC(=O)CN1CN(c2ccccc2)C2(CCN(C(=O)Nc3ccc(Cl)cc3Cl)CC2)C1=O. The van der Waals surface area contributed by atoms with Crippen LogP contribution in [0.2, 0.25) is 10.0 Å². The van der Waals surface area contributed by atoms with Crippen LogP contribution in [0.5, 0.6) is 0 Å². The summed E-state index contributed by atoms with van der Waals surface area (Å²) in [5.74, 6) is -0.296. The minimum absolute atomic E-state index is 0.0177. The van der Waals surface area contributed by atoms with Gasteiger partial charge in [0.15, 0.2) is 0 Å². The highest BCUT2D eigenvalue weighted by Crippen LogP contribution is 2.39. The molecule has 2 aromatic carbocycles. The van der Waals surface area contributed by atoms with Gasteiger partial charge in [-0.25, -0.2) is 4.79 Å². The molecule has 0 unspecified atom stereocenters. The van der Waals surface area contributed by atoms with Gasteiger partial charge in [0, 0.05) is 44.1 Å². The summed E-state index contributed by atoms with van der Waals surface area (Å²) in [7, 11) is 1.62. The quantitative estimate of drug-likeness (QED) is 0.490. The van der Waals surface area contributed by atoms with Gasteiger partial charge in [-0.1, -0.05) is 41.4 Å². The number of carbonyl (C=O) groups excluding carboxylic acids is 3. The highest BCUT2D eigenvalue weighted by atomic mass is 35.5. The Balaban J connectivity index is 1.45. The molecule has 37 heavy (non-hydrogen) atoms. The maximum atomic E-state index is 13.8. The molecular weight excluding hydrogens is 517 g/mol. The third-order valence-corrected chi connectivity index (χ3v) is 7.36. The van der Waals surface area contributed by atoms with Crippen molar-refractivity contribution in [1.82, 2.24) is 15.1 Å². The van der Waals surface area contributed by atoms with Gasteiger partial charge in [0.2, 0.25) is 5.91 Å². The first-order valence-electron chi connectivity index (χ1n) is 12.2. The van der Waals surface area contributed by atoms with E-state index in [0.29, 0.717) is 67.9 Å². The third-order valence-electron chi connectivity index (χ3n) is 6.81. The maximum absolute atomic E-state index is 13.8. The Labute approximate surface area is 226 Å². The molecule has 9 nitrogen and oxygen atoms in total. The molecule has 2 fully saturated rings. The lowest BCUT2D eigenvalue weighted by Crippen LogP contribution is -2.58. The summed E-state index contributed by atoms with van der Waals surface area (Å²) in [6.07, 6.45) is 1.58. The maximum Gasteiger partial charge on any atom is 0.321 e. The van der Waals surface area contributed by atoms with Gasteiger partial charge in [0.25, 0.3) is 5.91 Å². The summed E-state index contributed by atoms with van der Waals surface area (Å²) < 4.78 is 5.01. The van der Waals surface area contributed by atoms with Crippen molar-refractivity contribution in [2.75, 3.05) is 56.8 Å². The summed E-state index contributed by atoms with van der Waals surface area (Å²) in [5, 5.41) is 6.52. The number of carbonyl (C=O) groups is 3. The molecule has 4 amide bonds. The zero-order chi connectivity index (χ0) is 26.4. The molecule has 4 rings (SSSR count). The number of urea groups is 1. The van der Waals surface area contributed by atoms with Crippen molar-refractivity contribution in [3.8, 4) is 0 Å². The van der Waals surface area contributed by atoms with Crippen molar-refractivity contribution in [2.24, 2.45) is 0 Å². The van der Waals surface area contributed by atoms with Crippen molar-refractivity contribution in [3.63, 3.8) is 0 Å². The van der Waals surface area contributed by atoms with Crippen LogP contribution in [0.3, 0.4) is 0 Å². The molecule has 2 heterocycles. The lowest BCUT2D eigenvalue weighted by Gasteiger charge is -2.43. The van der Waals surface area contributed by atoms with Crippen LogP contribution < -0.4 is 15.5 Å². The predicted molar refractivity (Wildman–Crippen MR) is 144 cm³/mol. The molecule has 198 valence electrons. The van der Waals surface area contributed by atoms with Gasteiger partial charge in [-0.15, -0.1) is 0 Å². The second-order valence-electron chi connectivity index (χ2n) is 9.18. The number of hydrogen-bond acceptors (Lipinski definition) is 5. The molecule has 2 N–H and O–H groups in total. The van der Waals surface area contributed by atoms with E-state index in [1.165, 1.54) is 0 Å². The number of anilines is 2. The summed E-state index contributed by atoms with van der Waals surface area (Å²) in [6, 6.07) is 14.3. The van der Waals surface area contributed by atoms with Crippen molar-refractivity contribution in [2.45, 2.75) is 24.8 Å². The van der Waals surface area contributed by atoms with Gasteiger partial charge < -0.3 is 30.1 Å². The van der Waals surface area contributed by atoms with Crippen LogP contribution in [0.1, 0.15) is 19.3 Å². The van der Waals surface area contributed by atoms with Gasteiger partial charge in [0.05, 0.1) is 17.4 Å². The topological polar surface area (TPSA) is 94.2 Å². The number of amides is 4. The van der Waals surface area contributed by atoms with E-state index in [1.807, 2.05) is 30.3 Å². The van der Waals surface area contributed by atoms with Gasteiger partial charge in [-0.05, 0) is 49.6 Å². The van der Waals surface area contributed by atoms with Crippen LogP contribution in [0.15, 0.2) is 48.5 Å². The van der Waals surface area contributed by atoms with Gasteiger partial charge in [-0.3, -0.25) is 9.59 Å². The molecule has 0 radical (unpaired) electrons. The van der Waals surface area contributed by atoms with Crippen LogP contribution in [0.4, 0.5) is 16.2 Å². The lowest BCUT2D eigenvalue weighted by molar-refractivity contribution is -0.137. The second kappa shape index (κ2) is 12.0. The van der Waals surface area contributed by atoms with Gasteiger partial charge in [-0.2, -0.15) is 0 Å². The first kappa shape index (κ1) is 27.0. The third kappa shape index (κ3) is 6.11. The number of benzene rings is 2. The number of hydrogen-bond donors (Lipinski definition) is 2. The van der Waals surface area contributed by atoms with Crippen molar-refractivity contribution in [3.05, 3.63) is 58.6 Å². The first-order valence-corrected chi connectivity index (χ1v) is 13.0. The average molecular weight is 548 g/mol. The summed E-state index contributed by atoms with van der Waals surface area (Å²) in [4.78, 5) is 44.6. The standard InChI is InChI=1S/C26H31Cl2N5O4/c1-37-15-5-12-29-23(34)17-32-18-33(20-6-3-2-4-7-20)26(24(32)35)10-13-31(14-11-26)25(36)30-22-9-8-19(27)16-21(22)28/h2-4,6-9,16H,5,10-15,17-18H2,1H3,(H,29,34)(H,30,36). The summed E-state index contributed by atoms with van der Waals surface area (Å²) >= 11 is 12.2. The molecule has 0 aromatic heterocycles. The van der Waals surface area contributed by atoms with E-state index in [0.717, 1.165) is 5.69 Å². The molecule has 2 aliphatic rings. The Bertz CT molecular complexity index is 1130. The molecule has 2 aromatic rings. The Morgan fingerprint density at radius 2 is 1.81 bits per heavy atom. The Morgan fingerprint density at radius 1 is 1.08 bits per heavy atom. The van der Waals surface area contributed by atoms with Crippen LogP contribution in [0.25, 0.3) is 0 Å². The number of para-hydroxylation sites is 1. The van der Waals surface area contributed by atoms with Crippen LogP contribution >= 0.6 is 23.2 Å². The van der Waals surface area contributed by atoms with Crippen molar-refractivity contribution >= 4 is 52.4 Å². The van der Waals surface area contributed by atoms with E-state index in [-0.39, 0.29) is 24.4 Å². The lowest BCUT2D eigenvalue weighted by atomic mass is 9.85. The number of ether oxygens (including phenoxy) is 1. The number of nitrogens with one attached hydrogen (secondary N) is 2. The fourth-order valence-corrected chi connectivity index (χ4v) is 5.32. The highest BCUT2D eigenvalue weighted by molar-refractivity contribution is 6.36. The van der Waals surface area contributed by atoms with E-state index in [9.17, 15) is 14.4 Å². The Morgan fingerprint density at radius 3 is 2.49 bits per heavy atom. The molecular formula is C26H31Cl2N5O4. The number of nitrogens with zero attached hydrogens (tertiary/aromatic N) is 3.